The molecule has 0 saturated carbocycles. The van der Waals surface area contributed by atoms with Crippen LogP contribution in [0.2, 0.25) is 0 Å². The minimum absolute atomic E-state index is 0.148. The van der Waals surface area contributed by atoms with Crippen LogP contribution in [0.3, 0.4) is 0 Å². The normalized spacial score (nSPS) is 14.9. The van der Waals surface area contributed by atoms with Gasteiger partial charge in [0, 0.05) is 6.42 Å². The summed E-state index contributed by atoms with van der Waals surface area (Å²) >= 11 is 0. The van der Waals surface area contributed by atoms with Crippen LogP contribution in [-0.4, -0.2) is 69.1 Å². The molecule has 0 aromatic heterocycles. The van der Waals surface area contributed by atoms with Gasteiger partial charge in [-0.15, -0.1) is 0 Å². The van der Waals surface area contributed by atoms with E-state index in [-0.39, 0.29) is 6.42 Å². The Balaban J connectivity index is 3.52. The molecule has 0 rings (SSSR count). The van der Waals surface area contributed by atoms with Gasteiger partial charge in [0.15, 0.2) is 6.10 Å². The number of aliphatic hydroxyl groups is 5. The van der Waals surface area contributed by atoms with Gasteiger partial charge in [-0.2, -0.15) is 0 Å². The zero-order valence-corrected chi connectivity index (χ0v) is 23.1. The van der Waals surface area contributed by atoms with Crippen molar-refractivity contribution in [3.63, 3.8) is 0 Å². The van der Waals surface area contributed by atoms with E-state index < -0.39 is 43.6 Å². The standard InChI is InChI=1S/C29H58O7/c1-2-3-4-5-6-7-8-9-10-11-12-13-14-15-16-17-18-19-20-21-22-27(34)36-29(26(33)24-31)28(35)25(32)23-30/h25-26,28-33,35H,2-24H2,1H3/t25-,26-,28-,29-/m0/s1. The first-order valence-corrected chi connectivity index (χ1v) is 14.9. The van der Waals surface area contributed by atoms with E-state index in [4.69, 9.17) is 14.9 Å². The van der Waals surface area contributed by atoms with Gasteiger partial charge in [-0.25, -0.2) is 0 Å². The molecule has 7 heteroatoms. The van der Waals surface area contributed by atoms with Gasteiger partial charge in [-0.1, -0.05) is 129 Å². The number of aliphatic hydroxyl groups excluding tert-OH is 5. The number of hydrogen-bond donors (Lipinski definition) is 5. The van der Waals surface area contributed by atoms with Gasteiger partial charge in [0.05, 0.1) is 13.2 Å². The van der Waals surface area contributed by atoms with Crippen LogP contribution in [0.5, 0.6) is 0 Å². The van der Waals surface area contributed by atoms with E-state index in [1.165, 1.54) is 103 Å². The van der Waals surface area contributed by atoms with E-state index in [1.807, 2.05) is 0 Å². The van der Waals surface area contributed by atoms with Crippen molar-refractivity contribution < 1.29 is 35.1 Å². The zero-order chi connectivity index (χ0) is 26.9. The van der Waals surface area contributed by atoms with Crippen LogP contribution in [0.4, 0.5) is 0 Å². The second-order valence-electron chi connectivity index (χ2n) is 10.4. The fourth-order valence-electron chi connectivity index (χ4n) is 4.54. The Morgan fingerprint density at radius 1 is 0.556 bits per heavy atom. The largest absolute Gasteiger partial charge is 0.457 e. The van der Waals surface area contributed by atoms with E-state index in [2.05, 4.69) is 6.92 Å². The van der Waals surface area contributed by atoms with E-state index in [0.717, 1.165) is 19.3 Å². The van der Waals surface area contributed by atoms with Gasteiger partial charge < -0.3 is 30.3 Å². The highest BCUT2D eigenvalue weighted by atomic mass is 16.6. The second-order valence-corrected chi connectivity index (χ2v) is 10.4. The molecule has 0 aliphatic carbocycles. The first kappa shape index (κ1) is 35.3. The van der Waals surface area contributed by atoms with Crippen LogP contribution in [-0.2, 0) is 9.53 Å². The minimum atomic E-state index is -1.67. The monoisotopic (exact) mass is 518 g/mol. The maximum atomic E-state index is 12.0. The van der Waals surface area contributed by atoms with Crippen molar-refractivity contribution in [2.45, 2.75) is 166 Å². The Kier molecular flexibility index (Phi) is 25.4. The Hall–Kier alpha value is -0.730. The van der Waals surface area contributed by atoms with Gasteiger partial charge in [0.25, 0.3) is 0 Å². The molecular weight excluding hydrogens is 460 g/mol. The number of hydrogen-bond acceptors (Lipinski definition) is 7. The molecular formula is C29H58O7. The van der Waals surface area contributed by atoms with Crippen LogP contribution in [0, 0.1) is 0 Å². The van der Waals surface area contributed by atoms with Gasteiger partial charge in [0.2, 0.25) is 0 Å². The molecule has 4 atom stereocenters. The van der Waals surface area contributed by atoms with E-state index >= 15 is 0 Å². The summed E-state index contributed by atoms with van der Waals surface area (Å²) in [5.74, 6) is -0.598. The number of rotatable bonds is 27. The molecule has 0 aliphatic heterocycles. The van der Waals surface area contributed by atoms with Crippen LogP contribution < -0.4 is 0 Å². The molecule has 36 heavy (non-hydrogen) atoms. The van der Waals surface area contributed by atoms with Crippen molar-refractivity contribution in [2.75, 3.05) is 13.2 Å². The number of ether oxygens (including phenoxy) is 1. The quantitative estimate of drug-likeness (QED) is 0.0749. The van der Waals surface area contributed by atoms with Crippen molar-refractivity contribution in [3.8, 4) is 0 Å². The predicted octanol–water partition coefficient (Wildman–Crippen LogP) is 5.18. The fraction of sp³-hybridized carbons (Fsp3) is 0.966. The molecule has 0 saturated heterocycles. The fourth-order valence-corrected chi connectivity index (χ4v) is 4.54. The predicted molar refractivity (Wildman–Crippen MR) is 145 cm³/mol. The summed E-state index contributed by atoms with van der Waals surface area (Å²) in [6.07, 6.45) is 19.6. The summed E-state index contributed by atoms with van der Waals surface area (Å²) in [4.78, 5) is 12.0. The van der Waals surface area contributed by atoms with Crippen LogP contribution >= 0.6 is 0 Å². The average molecular weight is 519 g/mol. The van der Waals surface area contributed by atoms with E-state index in [1.54, 1.807) is 0 Å². The van der Waals surface area contributed by atoms with E-state index in [0.29, 0.717) is 6.42 Å². The molecule has 0 amide bonds. The topological polar surface area (TPSA) is 127 Å². The molecule has 0 aromatic rings. The van der Waals surface area contributed by atoms with Crippen LogP contribution in [0.15, 0.2) is 0 Å². The summed E-state index contributed by atoms with van der Waals surface area (Å²) in [6, 6.07) is 0. The Morgan fingerprint density at radius 3 is 1.22 bits per heavy atom. The van der Waals surface area contributed by atoms with Gasteiger partial charge in [-0.3, -0.25) is 4.79 Å². The highest BCUT2D eigenvalue weighted by molar-refractivity contribution is 5.69. The minimum Gasteiger partial charge on any atom is -0.457 e. The smallest absolute Gasteiger partial charge is 0.306 e. The highest BCUT2D eigenvalue weighted by Crippen LogP contribution is 2.16. The second kappa shape index (κ2) is 25.9. The highest BCUT2D eigenvalue weighted by Gasteiger charge is 2.34. The van der Waals surface area contributed by atoms with Crippen LogP contribution in [0.1, 0.15) is 142 Å². The van der Waals surface area contributed by atoms with Crippen LogP contribution in [0.25, 0.3) is 0 Å². The van der Waals surface area contributed by atoms with Crippen molar-refractivity contribution in [1.29, 1.82) is 0 Å². The molecule has 0 spiro atoms. The third-order valence-electron chi connectivity index (χ3n) is 6.99. The first-order valence-electron chi connectivity index (χ1n) is 14.9. The number of carbonyl (C=O) groups excluding carboxylic acids is 1. The van der Waals surface area contributed by atoms with E-state index in [9.17, 15) is 20.1 Å². The lowest BCUT2D eigenvalue weighted by Gasteiger charge is -2.28. The van der Waals surface area contributed by atoms with Gasteiger partial charge in [-0.05, 0) is 6.42 Å². The summed E-state index contributed by atoms with van der Waals surface area (Å²) in [7, 11) is 0. The van der Waals surface area contributed by atoms with Gasteiger partial charge in [0.1, 0.15) is 18.3 Å². The average Bonchev–Trinajstić information content (AvgIpc) is 2.89. The van der Waals surface area contributed by atoms with Crippen molar-refractivity contribution in [3.05, 3.63) is 0 Å². The molecule has 0 aliphatic rings. The summed E-state index contributed by atoms with van der Waals surface area (Å²) in [5, 5.41) is 47.2. The lowest BCUT2D eigenvalue weighted by Crippen LogP contribution is -2.49. The maximum absolute atomic E-state index is 12.0. The molecule has 5 N–H and O–H groups in total. The number of esters is 1. The summed E-state index contributed by atoms with van der Waals surface area (Å²) in [5.41, 5.74) is 0. The Morgan fingerprint density at radius 2 is 0.889 bits per heavy atom. The third-order valence-corrected chi connectivity index (χ3v) is 6.99. The first-order chi connectivity index (χ1) is 17.5. The molecule has 0 fully saturated rings. The number of carbonyl (C=O) groups is 1. The lowest BCUT2D eigenvalue weighted by molar-refractivity contribution is -0.177. The summed E-state index contributed by atoms with van der Waals surface area (Å²) < 4.78 is 5.06. The molecule has 0 aromatic carbocycles. The molecule has 0 radical (unpaired) electrons. The summed E-state index contributed by atoms with van der Waals surface area (Å²) in [6.45, 7) is 0.796. The number of unbranched alkanes of at least 4 members (excludes halogenated alkanes) is 19. The van der Waals surface area contributed by atoms with Crippen molar-refractivity contribution in [2.24, 2.45) is 0 Å². The van der Waals surface area contributed by atoms with Gasteiger partial charge >= 0.3 is 5.97 Å². The Labute approximate surface area is 220 Å². The molecule has 0 bridgehead atoms. The van der Waals surface area contributed by atoms with Crippen molar-refractivity contribution >= 4 is 5.97 Å². The third kappa shape index (κ3) is 20.3. The molecule has 7 nitrogen and oxygen atoms in total. The Bertz CT molecular complexity index is 475. The SMILES string of the molecule is CCCCCCCCCCCCCCCCCCCCCCC(=O)O[C@H]([C@@H](O)[C@@H](O)CO)[C@@H](O)CO. The van der Waals surface area contributed by atoms with Crippen molar-refractivity contribution in [1.82, 2.24) is 0 Å². The molecule has 0 heterocycles. The lowest BCUT2D eigenvalue weighted by atomic mass is 10.0. The zero-order valence-electron chi connectivity index (χ0n) is 23.1. The molecule has 216 valence electrons. The molecule has 0 unspecified atom stereocenters. The maximum Gasteiger partial charge on any atom is 0.306 e.